The summed E-state index contributed by atoms with van der Waals surface area (Å²) >= 11 is 1.74. The first-order valence-electron chi connectivity index (χ1n) is 7.25. The van der Waals surface area contributed by atoms with Crippen molar-refractivity contribution in [3.05, 3.63) is 23.6 Å². The monoisotopic (exact) mass is 313 g/mol. The third-order valence-electron chi connectivity index (χ3n) is 3.77. The van der Waals surface area contributed by atoms with E-state index in [1.807, 2.05) is 13.2 Å². The molecule has 0 aliphatic rings. The van der Waals surface area contributed by atoms with Crippen molar-refractivity contribution in [3.8, 4) is 0 Å². The summed E-state index contributed by atoms with van der Waals surface area (Å²) in [6.07, 6.45) is 5.38. The Morgan fingerprint density at radius 2 is 2.05 bits per heavy atom. The van der Waals surface area contributed by atoms with Gasteiger partial charge in [0.2, 0.25) is 0 Å². The molecule has 2 N–H and O–H groups in total. The molecule has 1 rings (SSSR count). The summed E-state index contributed by atoms with van der Waals surface area (Å²) < 4.78 is 14.2. The van der Waals surface area contributed by atoms with Crippen LogP contribution in [0.4, 0.5) is 10.2 Å². The molecule has 4 nitrogen and oxygen atoms in total. The van der Waals surface area contributed by atoms with E-state index in [9.17, 15) is 9.18 Å². The first-order chi connectivity index (χ1) is 10.0. The van der Waals surface area contributed by atoms with Gasteiger partial charge >= 0.3 is 0 Å². The Bertz CT molecular complexity index is 470. The molecule has 0 atom stereocenters. The van der Waals surface area contributed by atoms with Gasteiger partial charge in [-0.25, -0.2) is 9.37 Å². The minimum atomic E-state index is -0.598. The van der Waals surface area contributed by atoms with E-state index in [1.54, 1.807) is 11.8 Å². The van der Waals surface area contributed by atoms with Crippen molar-refractivity contribution in [1.29, 1.82) is 0 Å². The summed E-state index contributed by atoms with van der Waals surface area (Å²) in [6, 6.07) is 1.41. The number of hydrogen-bond acceptors (Lipinski definition) is 4. The number of amides is 1. The zero-order valence-corrected chi connectivity index (χ0v) is 13.9. The highest BCUT2D eigenvalue weighted by Gasteiger charge is 2.26. The number of hydrogen-bond donors (Lipinski definition) is 2. The standard InChI is InChI=1S/C15H24FN3OS/c1-5-15(6-2,21-4)10-19-14(20)11-8-9-18-13(12(11)16)17-7-3/h8-9H,5-7,10H2,1-4H3,(H,17,18)(H,19,20). The van der Waals surface area contributed by atoms with Crippen LogP contribution in [0, 0.1) is 5.82 Å². The predicted molar refractivity (Wildman–Crippen MR) is 87.5 cm³/mol. The van der Waals surface area contributed by atoms with Gasteiger partial charge in [-0.1, -0.05) is 13.8 Å². The van der Waals surface area contributed by atoms with Gasteiger partial charge < -0.3 is 10.6 Å². The summed E-state index contributed by atoms with van der Waals surface area (Å²) in [5.74, 6) is -0.874. The van der Waals surface area contributed by atoms with Crippen LogP contribution >= 0.6 is 11.8 Å². The number of rotatable bonds is 8. The van der Waals surface area contributed by atoms with Gasteiger partial charge in [-0.3, -0.25) is 4.79 Å². The maximum atomic E-state index is 14.2. The van der Waals surface area contributed by atoms with Crippen LogP contribution in [0.5, 0.6) is 0 Å². The zero-order chi connectivity index (χ0) is 15.9. The van der Waals surface area contributed by atoms with Crippen LogP contribution in [-0.4, -0.2) is 35.0 Å². The topological polar surface area (TPSA) is 54.0 Å². The van der Waals surface area contributed by atoms with Gasteiger partial charge in [0.25, 0.3) is 5.91 Å². The van der Waals surface area contributed by atoms with E-state index in [0.717, 1.165) is 12.8 Å². The van der Waals surface area contributed by atoms with E-state index < -0.39 is 11.7 Å². The van der Waals surface area contributed by atoms with Crippen LogP contribution in [-0.2, 0) is 0 Å². The Balaban J connectivity index is 2.83. The Hall–Kier alpha value is -1.30. The molecule has 0 aliphatic heterocycles. The number of carbonyl (C=O) groups excluding carboxylic acids is 1. The lowest BCUT2D eigenvalue weighted by Crippen LogP contribution is -2.39. The van der Waals surface area contributed by atoms with Crippen LogP contribution in [0.1, 0.15) is 44.0 Å². The van der Waals surface area contributed by atoms with Gasteiger partial charge in [-0.2, -0.15) is 11.8 Å². The van der Waals surface area contributed by atoms with E-state index in [1.165, 1.54) is 12.3 Å². The van der Waals surface area contributed by atoms with E-state index in [-0.39, 0.29) is 16.1 Å². The van der Waals surface area contributed by atoms with E-state index in [0.29, 0.717) is 13.1 Å². The molecule has 1 heterocycles. The van der Waals surface area contributed by atoms with E-state index >= 15 is 0 Å². The van der Waals surface area contributed by atoms with Crippen LogP contribution in [0.25, 0.3) is 0 Å². The van der Waals surface area contributed by atoms with Gasteiger partial charge in [-0.15, -0.1) is 0 Å². The number of aromatic nitrogens is 1. The van der Waals surface area contributed by atoms with Crippen LogP contribution < -0.4 is 10.6 Å². The first kappa shape index (κ1) is 17.8. The van der Waals surface area contributed by atoms with Crippen LogP contribution in [0.15, 0.2) is 12.3 Å². The molecule has 1 aromatic heterocycles. The largest absolute Gasteiger partial charge is 0.368 e. The Labute approximate surface area is 130 Å². The normalized spacial score (nSPS) is 11.3. The Morgan fingerprint density at radius 3 is 2.57 bits per heavy atom. The number of carbonyl (C=O) groups is 1. The average Bonchev–Trinajstić information content (AvgIpc) is 2.51. The second-order valence-corrected chi connectivity index (χ2v) is 6.10. The highest BCUT2D eigenvalue weighted by Crippen LogP contribution is 2.29. The van der Waals surface area contributed by atoms with Gasteiger partial charge in [0.1, 0.15) is 0 Å². The van der Waals surface area contributed by atoms with Gasteiger partial charge in [-0.05, 0) is 32.1 Å². The first-order valence-corrected chi connectivity index (χ1v) is 8.47. The number of nitrogens with zero attached hydrogens (tertiary/aromatic N) is 1. The number of pyridine rings is 1. The van der Waals surface area contributed by atoms with Crippen molar-refractivity contribution < 1.29 is 9.18 Å². The van der Waals surface area contributed by atoms with Crippen LogP contribution in [0.3, 0.4) is 0 Å². The molecule has 0 saturated carbocycles. The average molecular weight is 313 g/mol. The van der Waals surface area contributed by atoms with Crippen molar-refractivity contribution >= 4 is 23.5 Å². The van der Waals surface area contributed by atoms with Crippen molar-refractivity contribution in [3.63, 3.8) is 0 Å². The number of thioether (sulfide) groups is 1. The third-order valence-corrected chi connectivity index (χ3v) is 5.36. The van der Waals surface area contributed by atoms with Crippen molar-refractivity contribution in [2.24, 2.45) is 0 Å². The molecule has 0 fully saturated rings. The molecular formula is C15H24FN3OS. The van der Waals surface area contributed by atoms with Crippen molar-refractivity contribution in [2.45, 2.75) is 38.4 Å². The van der Waals surface area contributed by atoms with Crippen molar-refractivity contribution in [2.75, 3.05) is 24.7 Å². The molecule has 0 spiro atoms. The van der Waals surface area contributed by atoms with Crippen molar-refractivity contribution in [1.82, 2.24) is 10.3 Å². The number of anilines is 1. The van der Waals surface area contributed by atoms with E-state index in [4.69, 9.17) is 0 Å². The molecule has 1 aromatic rings. The Morgan fingerprint density at radius 1 is 1.38 bits per heavy atom. The minimum absolute atomic E-state index is 0.00364. The second kappa shape index (κ2) is 8.22. The quantitative estimate of drug-likeness (QED) is 0.773. The summed E-state index contributed by atoms with van der Waals surface area (Å²) in [5, 5.41) is 5.65. The summed E-state index contributed by atoms with van der Waals surface area (Å²) in [6.45, 7) is 7.13. The maximum Gasteiger partial charge on any atom is 0.254 e. The smallest absolute Gasteiger partial charge is 0.254 e. The van der Waals surface area contributed by atoms with E-state index in [2.05, 4.69) is 29.5 Å². The number of halogens is 1. The lowest BCUT2D eigenvalue weighted by molar-refractivity contribution is 0.0945. The fraction of sp³-hybridized carbons (Fsp3) is 0.600. The second-order valence-electron chi connectivity index (χ2n) is 4.83. The lowest BCUT2D eigenvalue weighted by Gasteiger charge is -2.29. The minimum Gasteiger partial charge on any atom is -0.368 e. The maximum absolute atomic E-state index is 14.2. The fourth-order valence-electron chi connectivity index (χ4n) is 2.11. The Kier molecular flexibility index (Phi) is 6.95. The predicted octanol–water partition coefficient (Wildman–Crippen LogP) is 3.30. The van der Waals surface area contributed by atoms with Gasteiger partial charge in [0.05, 0.1) is 5.56 Å². The highest BCUT2D eigenvalue weighted by atomic mass is 32.2. The molecule has 6 heteroatoms. The third kappa shape index (κ3) is 4.33. The van der Waals surface area contributed by atoms with Gasteiger partial charge in [0, 0.05) is 24.0 Å². The molecule has 0 saturated heterocycles. The lowest BCUT2D eigenvalue weighted by atomic mass is 10.0. The molecule has 0 bridgehead atoms. The highest BCUT2D eigenvalue weighted by molar-refractivity contribution is 8.00. The molecule has 118 valence electrons. The SMILES string of the molecule is CCNc1nccc(C(=O)NCC(CC)(CC)SC)c1F. The van der Waals surface area contributed by atoms with Crippen LogP contribution in [0.2, 0.25) is 0 Å². The summed E-state index contributed by atoms with van der Waals surface area (Å²) in [4.78, 5) is 16.1. The molecule has 0 radical (unpaired) electrons. The molecule has 0 aromatic carbocycles. The molecular weight excluding hydrogens is 289 g/mol. The molecule has 0 unspecified atom stereocenters. The van der Waals surface area contributed by atoms with Gasteiger partial charge in [0.15, 0.2) is 11.6 Å². The molecule has 1 amide bonds. The molecule has 0 aliphatic carbocycles. The summed E-state index contributed by atoms with van der Waals surface area (Å²) in [5.41, 5.74) is 0.0307. The summed E-state index contributed by atoms with van der Waals surface area (Å²) in [7, 11) is 0. The zero-order valence-electron chi connectivity index (χ0n) is 13.1. The number of nitrogens with one attached hydrogen (secondary N) is 2. The fourth-order valence-corrected chi connectivity index (χ4v) is 2.90. The molecule has 21 heavy (non-hydrogen) atoms.